The van der Waals surface area contributed by atoms with Gasteiger partial charge in [-0.05, 0) is 42.3 Å². The fourth-order valence-electron chi connectivity index (χ4n) is 3.05. The highest BCUT2D eigenvalue weighted by atomic mass is 32.2. The Morgan fingerprint density at radius 1 is 1.15 bits per heavy atom. The number of rotatable bonds is 6. The molecule has 0 atom stereocenters. The van der Waals surface area contributed by atoms with Gasteiger partial charge in [-0.1, -0.05) is 6.07 Å². The normalized spacial score (nSPS) is 15.5. The Kier molecular flexibility index (Phi) is 6.91. The minimum atomic E-state index is 0.212. The second kappa shape index (κ2) is 9.59. The number of carbonyl (C=O) groups is 1. The standard InChI is InChI=1S/C20H25N3O2S/c1-25-18-4-2-5-19(14-18)26-16-20(24)23-11-3-10-22(12-13-23)15-17-6-8-21-9-7-17/h2,4-9,14H,3,10-13,15-16H2,1H3. The summed E-state index contributed by atoms with van der Waals surface area (Å²) in [7, 11) is 1.66. The van der Waals surface area contributed by atoms with Crippen molar-refractivity contribution in [1.29, 1.82) is 0 Å². The van der Waals surface area contributed by atoms with E-state index in [0.29, 0.717) is 5.75 Å². The SMILES string of the molecule is COc1cccc(SCC(=O)N2CCCN(Cc3ccncc3)CC2)c1. The summed E-state index contributed by atoms with van der Waals surface area (Å²) in [4.78, 5) is 22.1. The fraction of sp³-hybridized carbons (Fsp3) is 0.400. The summed E-state index contributed by atoms with van der Waals surface area (Å²) in [5, 5.41) is 0. The Hall–Kier alpha value is -2.05. The van der Waals surface area contributed by atoms with Crippen molar-refractivity contribution in [3.63, 3.8) is 0 Å². The molecule has 1 saturated heterocycles. The highest BCUT2D eigenvalue weighted by molar-refractivity contribution is 8.00. The van der Waals surface area contributed by atoms with Gasteiger partial charge in [0.05, 0.1) is 12.9 Å². The van der Waals surface area contributed by atoms with Crippen LogP contribution in [0.15, 0.2) is 53.7 Å². The van der Waals surface area contributed by atoms with Crippen LogP contribution in [-0.4, -0.2) is 59.7 Å². The molecule has 1 amide bonds. The van der Waals surface area contributed by atoms with Crippen LogP contribution in [0.3, 0.4) is 0 Å². The average Bonchev–Trinajstić information content (AvgIpc) is 2.93. The summed E-state index contributed by atoms with van der Waals surface area (Å²) in [6, 6.07) is 12.0. The first-order chi connectivity index (χ1) is 12.7. The first-order valence-electron chi connectivity index (χ1n) is 8.90. The molecule has 0 spiro atoms. The number of thioether (sulfide) groups is 1. The van der Waals surface area contributed by atoms with E-state index in [9.17, 15) is 4.79 Å². The van der Waals surface area contributed by atoms with Crippen LogP contribution in [0.4, 0.5) is 0 Å². The molecule has 0 N–H and O–H groups in total. The van der Waals surface area contributed by atoms with E-state index < -0.39 is 0 Å². The molecule has 26 heavy (non-hydrogen) atoms. The van der Waals surface area contributed by atoms with Gasteiger partial charge in [-0.15, -0.1) is 11.8 Å². The van der Waals surface area contributed by atoms with E-state index in [4.69, 9.17) is 4.74 Å². The summed E-state index contributed by atoms with van der Waals surface area (Å²) in [6.45, 7) is 4.49. The number of aromatic nitrogens is 1. The second-order valence-electron chi connectivity index (χ2n) is 6.33. The van der Waals surface area contributed by atoms with E-state index in [-0.39, 0.29) is 5.91 Å². The van der Waals surface area contributed by atoms with E-state index in [1.807, 2.05) is 41.6 Å². The molecule has 0 saturated carbocycles. The van der Waals surface area contributed by atoms with Gasteiger partial charge in [0, 0.05) is 50.0 Å². The van der Waals surface area contributed by atoms with Crippen molar-refractivity contribution >= 4 is 17.7 Å². The topological polar surface area (TPSA) is 45.7 Å². The van der Waals surface area contributed by atoms with Gasteiger partial charge in [-0.2, -0.15) is 0 Å². The van der Waals surface area contributed by atoms with Gasteiger partial charge in [0.25, 0.3) is 0 Å². The summed E-state index contributed by atoms with van der Waals surface area (Å²) < 4.78 is 5.24. The van der Waals surface area contributed by atoms with E-state index in [2.05, 4.69) is 22.0 Å². The lowest BCUT2D eigenvalue weighted by molar-refractivity contribution is -0.128. The van der Waals surface area contributed by atoms with Crippen molar-refractivity contribution in [3.8, 4) is 5.75 Å². The Balaban J connectivity index is 1.47. The highest BCUT2D eigenvalue weighted by Crippen LogP contribution is 2.23. The van der Waals surface area contributed by atoms with E-state index in [1.165, 1.54) is 5.56 Å². The molecular weight excluding hydrogens is 346 g/mol. The van der Waals surface area contributed by atoms with E-state index in [0.717, 1.165) is 49.8 Å². The lowest BCUT2D eigenvalue weighted by Crippen LogP contribution is -2.36. The van der Waals surface area contributed by atoms with Crippen LogP contribution >= 0.6 is 11.8 Å². The summed E-state index contributed by atoms with van der Waals surface area (Å²) in [5.74, 6) is 1.50. The van der Waals surface area contributed by atoms with Crippen molar-refractivity contribution in [2.45, 2.75) is 17.9 Å². The van der Waals surface area contributed by atoms with Crippen molar-refractivity contribution < 1.29 is 9.53 Å². The zero-order valence-electron chi connectivity index (χ0n) is 15.1. The molecule has 1 aromatic carbocycles. The molecule has 1 aromatic heterocycles. The number of ether oxygens (including phenoxy) is 1. The Labute approximate surface area is 159 Å². The van der Waals surface area contributed by atoms with Gasteiger partial charge in [0.2, 0.25) is 5.91 Å². The molecular formula is C20H25N3O2S. The number of pyridine rings is 1. The molecule has 1 fully saturated rings. The van der Waals surface area contributed by atoms with E-state index >= 15 is 0 Å². The first kappa shape index (κ1) is 18.7. The highest BCUT2D eigenvalue weighted by Gasteiger charge is 2.19. The second-order valence-corrected chi connectivity index (χ2v) is 7.38. The molecule has 5 nitrogen and oxygen atoms in total. The van der Waals surface area contributed by atoms with Crippen LogP contribution in [0.2, 0.25) is 0 Å². The van der Waals surface area contributed by atoms with Crippen LogP contribution in [0, 0.1) is 0 Å². The summed E-state index contributed by atoms with van der Waals surface area (Å²) >= 11 is 1.57. The Bertz CT molecular complexity index is 711. The van der Waals surface area contributed by atoms with Crippen molar-refractivity contribution in [3.05, 3.63) is 54.4 Å². The van der Waals surface area contributed by atoms with Crippen LogP contribution in [0.5, 0.6) is 5.75 Å². The number of amides is 1. The molecule has 2 heterocycles. The van der Waals surface area contributed by atoms with Crippen molar-refractivity contribution in [1.82, 2.24) is 14.8 Å². The van der Waals surface area contributed by atoms with Crippen LogP contribution in [-0.2, 0) is 11.3 Å². The maximum absolute atomic E-state index is 12.6. The van der Waals surface area contributed by atoms with Gasteiger partial charge in [0.15, 0.2) is 0 Å². The lowest BCUT2D eigenvalue weighted by atomic mass is 10.2. The molecule has 0 aliphatic carbocycles. The van der Waals surface area contributed by atoms with Gasteiger partial charge >= 0.3 is 0 Å². The number of hydrogen-bond donors (Lipinski definition) is 0. The van der Waals surface area contributed by atoms with Gasteiger partial charge in [-0.3, -0.25) is 14.7 Å². The largest absolute Gasteiger partial charge is 0.497 e. The molecule has 0 bridgehead atoms. The van der Waals surface area contributed by atoms with Crippen LogP contribution < -0.4 is 4.74 Å². The number of benzene rings is 1. The first-order valence-corrected chi connectivity index (χ1v) is 9.89. The van der Waals surface area contributed by atoms with Crippen molar-refractivity contribution in [2.75, 3.05) is 39.0 Å². The number of hydrogen-bond acceptors (Lipinski definition) is 5. The summed E-state index contributed by atoms with van der Waals surface area (Å²) in [5.41, 5.74) is 1.27. The van der Waals surface area contributed by atoms with Gasteiger partial charge in [-0.25, -0.2) is 0 Å². The van der Waals surface area contributed by atoms with Crippen LogP contribution in [0.25, 0.3) is 0 Å². The lowest BCUT2D eigenvalue weighted by Gasteiger charge is -2.22. The zero-order chi connectivity index (χ0) is 18.2. The minimum Gasteiger partial charge on any atom is -0.497 e. The average molecular weight is 372 g/mol. The summed E-state index contributed by atoms with van der Waals surface area (Å²) in [6.07, 6.45) is 4.68. The number of methoxy groups -OCH3 is 1. The Morgan fingerprint density at radius 2 is 2.00 bits per heavy atom. The molecule has 1 aliphatic rings. The van der Waals surface area contributed by atoms with Crippen LogP contribution in [0.1, 0.15) is 12.0 Å². The fourth-order valence-corrected chi connectivity index (χ4v) is 3.90. The predicted molar refractivity (Wildman–Crippen MR) is 104 cm³/mol. The van der Waals surface area contributed by atoms with Gasteiger partial charge in [0.1, 0.15) is 5.75 Å². The number of carbonyl (C=O) groups excluding carboxylic acids is 1. The van der Waals surface area contributed by atoms with Crippen molar-refractivity contribution in [2.24, 2.45) is 0 Å². The Morgan fingerprint density at radius 3 is 2.81 bits per heavy atom. The van der Waals surface area contributed by atoms with E-state index in [1.54, 1.807) is 18.9 Å². The third kappa shape index (κ3) is 5.47. The monoisotopic (exact) mass is 371 g/mol. The molecule has 6 heteroatoms. The maximum atomic E-state index is 12.6. The third-order valence-corrected chi connectivity index (χ3v) is 5.48. The molecule has 1 aliphatic heterocycles. The number of nitrogens with zero attached hydrogens (tertiary/aromatic N) is 3. The molecule has 3 rings (SSSR count). The molecule has 138 valence electrons. The quantitative estimate of drug-likeness (QED) is 0.731. The molecule has 2 aromatic rings. The smallest absolute Gasteiger partial charge is 0.232 e. The third-order valence-electron chi connectivity index (χ3n) is 4.50. The van der Waals surface area contributed by atoms with Gasteiger partial charge < -0.3 is 9.64 Å². The maximum Gasteiger partial charge on any atom is 0.232 e. The predicted octanol–water partition coefficient (Wildman–Crippen LogP) is 2.92. The molecule has 0 unspecified atom stereocenters. The molecule has 0 radical (unpaired) electrons. The zero-order valence-corrected chi connectivity index (χ0v) is 16.0. The minimum absolute atomic E-state index is 0.212.